The number of allylic oxidation sites excluding steroid dienone is 2. The van der Waals surface area contributed by atoms with E-state index in [1.54, 1.807) is 0 Å². The van der Waals surface area contributed by atoms with Gasteiger partial charge >= 0.3 is 0 Å². The van der Waals surface area contributed by atoms with Crippen LogP contribution in [0, 0.1) is 11.3 Å². The van der Waals surface area contributed by atoms with Gasteiger partial charge in [-0.1, -0.05) is 19.1 Å². The van der Waals surface area contributed by atoms with Gasteiger partial charge in [0.05, 0.1) is 0 Å². The maximum Gasteiger partial charge on any atom is -0.0115 e. The van der Waals surface area contributed by atoms with Crippen molar-refractivity contribution in [2.24, 2.45) is 11.3 Å². The normalized spacial score (nSPS) is 50.9. The molecule has 1 saturated carbocycles. The van der Waals surface area contributed by atoms with Gasteiger partial charge in [0.2, 0.25) is 0 Å². The summed E-state index contributed by atoms with van der Waals surface area (Å²) in [5.74, 6) is 1.03. The number of fused-ring (bicyclic) bond motifs is 1. The molecule has 0 heterocycles. The fourth-order valence-corrected chi connectivity index (χ4v) is 1.91. The first-order valence-electron chi connectivity index (χ1n) is 3.49. The minimum Gasteiger partial charge on any atom is -0.0877 e. The molecule has 0 heteroatoms. The average Bonchev–Trinajstić information content (AvgIpc) is 1.94. The number of rotatable bonds is 0. The summed E-state index contributed by atoms with van der Waals surface area (Å²) in [6.07, 6.45) is 9.02. The molecule has 2 rings (SSSR count). The van der Waals surface area contributed by atoms with Crippen molar-refractivity contribution in [3.63, 3.8) is 0 Å². The van der Waals surface area contributed by atoms with Gasteiger partial charge in [-0.2, -0.15) is 0 Å². The second-order valence-electron chi connectivity index (χ2n) is 3.38. The molecule has 0 radical (unpaired) electrons. The first kappa shape index (κ1) is 4.60. The van der Waals surface area contributed by atoms with Crippen molar-refractivity contribution in [3.05, 3.63) is 12.2 Å². The Labute approximate surface area is 50.6 Å². The van der Waals surface area contributed by atoms with Crippen molar-refractivity contribution in [1.29, 1.82) is 0 Å². The lowest BCUT2D eigenvalue weighted by atomic mass is 9.64. The first-order valence-corrected chi connectivity index (χ1v) is 3.49. The van der Waals surface area contributed by atoms with E-state index in [-0.39, 0.29) is 0 Å². The number of hydrogen-bond donors (Lipinski definition) is 0. The minimum atomic E-state index is 0.653. The van der Waals surface area contributed by atoms with Crippen molar-refractivity contribution in [2.75, 3.05) is 0 Å². The Balaban J connectivity index is 2.24. The van der Waals surface area contributed by atoms with Crippen LogP contribution in [0.5, 0.6) is 0 Å². The Morgan fingerprint density at radius 1 is 1.62 bits per heavy atom. The molecule has 44 valence electrons. The van der Waals surface area contributed by atoms with Crippen LogP contribution >= 0.6 is 0 Å². The van der Waals surface area contributed by atoms with Gasteiger partial charge in [0.1, 0.15) is 0 Å². The molecule has 2 aliphatic rings. The second kappa shape index (κ2) is 1.18. The molecule has 8 heavy (non-hydrogen) atoms. The zero-order valence-corrected chi connectivity index (χ0v) is 5.35. The molecule has 0 N–H and O–H groups in total. The van der Waals surface area contributed by atoms with Gasteiger partial charge in [0.15, 0.2) is 0 Å². The number of hydrogen-bond acceptors (Lipinski definition) is 0. The van der Waals surface area contributed by atoms with E-state index < -0.39 is 0 Å². The van der Waals surface area contributed by atoms with E-state index in [0.717, 1.165) is 5.92 Å². The van der Waals surface area contributed by atoms with E-state index in [2.05, 4.69) is 19.1 Å². The van der Waals surface area contributed by atoms with Crippen molar-refractivity contribution < 1.29 is 0 Å². The van der Waals surface area contributed by atoms with Gasteiger partial charge in [-0.25, -0.2) is 0 Å². The molecule has 0 spiro atoms. The fraction of sp³-hybridized carbons (Fsp3) is 0.750. The zero-order valence-electron chi connectivity index (χ0n) is 5.35. The van der Waals surface area contributed by atoms with Crippen LogP contribution in [0.1, 0.15) is 26.2 Å². The molecule has 2 atom stereocenters. The van der Waals surface area contributed by atoms with Gasteiger partial charge in [0, 0.05) is 0 Å². The van der Waals surface area contributed by atoms with Crippen LogP contribution in [0.4, 0.5) is 0 Å². The van der Waals surface area contributed by atoms with Crippen LogP contribution in [0.25, 0.3) is 0 Å². The molecular formula is C8H12. The molecule has 0 nitrogen and oxygen atoms in total. The summed E-state index contributed by atoms with van der Waals surface area (Å²) < 4.78 is 0. The first-order chi connectivity index (χ1) is 3.81. The summed E-state index contributed by atoms with van der Waals surface area (Å²) in [5, 5.41) is 0. The highest BCUT2D eigenvalue weighted by Gasteiger charge is 2.42. The molecule has 0 bridgehead atoms. The van der Waals surface area contributed by atoms with E-state index in [9.17, 15) is 0 Å². The largest absolute Gasteiger partial charge is 0.0877 e. The molecule has 0 amide bonds. The molecule has 0 unspecified atom stereocenters. The molecule has 0 aromatic rings. The van der Waals surface area contributed by atoms with E-state index in [1.165, 1.54) is 19.3 Å². The van der Waals surface area contributed by atoms with Crippen molar-refractivity contribution in [2.45, 2.75) is 26.2 Å². The predicted octanol–water partition coefficient (Wildman–Crippen LogP) is 2.36. The predicted molar refractivity (Wildman–Crippen MR) is 34.6 cm³/mol. The average molecular weight is 108 g/mol. The highest BCUT2D eigenvalue weighted by Crippen LogP contribution is 2.52. The van der Waals surface area contributed by atoms with Gasteiger partial charge in [-0.3, -0.25) is 0 Å². The standard InChI is InChI=1S/C8H12/c1-8-5-2-3-7(8)4-6-8/h2,5,7H,3-4,6H2,1H3/t7-,8-/m1/s1. The summed E-state index contributed by atoms with van der Waals surface area (Å²) in [6.45, 7) is 2.38. The molecule has 0 saturated heterocycles. The lowest BCUT2D eigenvalue weighted by Gasteiger charge is -2.41. The van der Waals surface area contributed by atoms with Crippen LogP contribution in [0.3, 0.4) is 0 Å². The lowest BCUT2D eigenvalue weighted by Crippen LogP contribution is -2.31. The van der Waals surface area contributed by atoms with E-state index in [0.29, 0.717) is 5.41 Å². The molecular weight excluding hydrogens is 96.1 g/mol. The Hall–Kier alpha value is -0.260. The Kier molecular flexibility index (Phi) is 0.677. The van der Waals surface area contributed by atoms with Gasteiger partial charge in [-0.05, 0) is 30.6 Å². The summed E-state index contributed by atoms with van der Waals surface area (Å²) in [7, 11) is 0. The highest BCUT2D eigenvalue weighted by atomic mass is 14.5. The summed E-state index contributed by atoms with van der Waals surface area (Å²) >= 11 is 0. The molecule has 2 aliphatic carbocycles. The van der Waals surface area contributed by atoms with Gasteiger partial charge < -0.3 is 0 Å². The van der Waals surface area contributed by atoms with E-state index in [1.807, 2.05) is 0 Å². The van der Waals surface area contributed by atoms with Crippen molar-refractivity contribution in [3.8, 4) is 0 Å². The maximum atomic E-state index is 2.40. The SMILES string of the molecule is C[C@]12C=CC[C@@H]1CC2. The fourth-order valence-electron chi connectivity index (χ4n) is 1.91. The second-order valence-corrected chi connectivity index (χ2v) is 3.38. The Morgan fingerprint density at radius 2 is 2.50 bits per heavy atom. The van der Waals surface area contributed by atoms with E-state index in [4.69, 9.17) is 0 Å². The van der Waals surface area contributed by atoms with Crippen LogP contribution in [0.15, 0.2) is 12.2 Å². The zero-order chi connectivity index (χ0) is 5.61. The summed E-state index contributed by atoms with van der Waals surface area (Å²) in [5.41, 5.74) is 0.653. The minimum absolute atomic E-state index is 0.653. The van der Waals surface area contributed by atoms with E-state index >= 15 is 0 Å². The maximum absolute atomic E-state index is 2.40. The highest BCUT2D eigenvalue weighted by molar-refractivity contribution is 5.14. The Bertz CT molecular complexity index is 135. The Morgan fingerprint density at radius 3 is 2.75 bits per heavy atom. The lowest BCUT2D eigenvalue weighted by molar-refractivity contribution is 0.126. The van der Waals surface area contributed by atoms with Crippen LogP contribution in [-0.4, -0.2) is 0 Å². The molecule has 1 fully saturated rings. The monoisotopic (exact) mass is 108 g/mol. The van der Waals surface area contributed by atoms with Gasteiger partial charge in [-0.15, -0.1) is 0 Å². The smallest absolute Gasteiger partial charge is 0.0115 e. The molecule has 0 aromatic heterocycles. The third kappa shape index (κ3) is 0.367. The topological polar surface area (TPSA) is 0 Å². The third-order valence-electron chi connectivity index (χ3n) is 2.88. The van der Waals surface area contributed by atoms with Crippen LogP contribution in [-0.2, 0) is 0 Å². The van der Waals surface area contributed by atoms with Gasteiger partial charge in [0.25, 0.3) is 0 Å². The van der Waals surface area contributed by atoms with Crippen LogP contribution in [0.2, 0.25) is 0 Å². The van der Waals surface area contributed by atoms with Crippen molar-refractivity contribution in [1.82, 2.24) is 0 Å². The third-order valence-corrected chi connectivity index (χ3v) is 2.88. The van der Waals surface area contributed by atoms with Crippen LogP contribution < -0.4 is 0 Å². The molecule has 0 aromatic carbocycles. The summed E-state index contributed by atoms with van der Waals surface area (Å²) in [6, 6.07) is 0. The van der Waals surface area contributed by atoms with Crippen molar-refractivity contribution >= 4 is 0 Å². The quantitative estimate of drug-likeness (QED) is 0.418. The molecule has 0 aliphatic heterocycles. The summed E-state index contributed by atoms with van der Waals surface area (Å²) in [4.78, 5) is 0.